The molecule has 0 amide bonds. The first-order valence-electron chi connectivity index (χ1n) is 6.82. The summed E-state index contributed by atoms with van der Waals surface area (Å²) in [6.45, 7) is 7.34. The van der Waals surface area contributed by atoms with E-state index in [1.165, 1.54) is 19.5 Å². The topological polar surface area (TPSA) is 27.7 Å². The Morgan fingerprint density at radius 2 is 2.12 bits per heavy atom. The molecule has 1 N–H and O–H groups in total. The fraction of sp³-hybridized carbons (Fsp3) is 1.00. The third-order valence-electron chi connectivity index (χ3n) is 3.60. The summed E-state index contributed by atoms with van der Waals surface area (Å²) in [5.41, 5.74) is 0. The molecule has 0 aromatic carbocycles. The lowest BCUT2D eigenvalue weighted by molar-refractivity contribution is 0.0743. The monoisotopic (exact) mass is 243 g/mol. The maximum Gasteiger partial charge on any atom is 0.0635 e. The van der Waals surface area contributed by atoms with Gasteiger partial charge < -0.3 is 19.9 Å². The molecule has 4 nitrogen and oxygen atoms in total. The van der Waals surface area contributed by atoms with E-state index in [0.717, 1.165) is 26.2 Å². The van der Waals surface area contributed by atoms with Crippen LogP contribution in [0.3, 0.4) is 0 Å². The van der Waals surface area contributed by atoms with Crippen molar-refractivity contribution in [2.45, 2.75) is 31.8 Å². The predicted molar refractivity (Wildman–Crippen MR) is 72.5 cm³/mol. The quantitative estimate of drug-likeness (QED) is 0.693. The van der Waals surface area contributed by atoms with Gasteiger partial charge in [-0.3, -0.25) is 0 Å². The molecule has 0 bridgehead atoms. The fourth-order valence-corrected chi connectivity index (χ4v) is 2.48. The van der Waals surface area contributed by atoms with Crippen molar-refractivity contribution in [2.24, 2.45) is 0 Å². The number of ether oxygens (including phenoxy) is 1. The molecule has 0 spiro atoms. The number of hydrogen-bond acceptors (Lipinski definition) is 4. The summed E-state index contributed by atoms with van der Waals surface area (Å²) in [6, 6.07) is 0.969. The van der Waals surface area contributed by atoms with Crippen molar-refractivity contribution in [1.29, 1.82) is 0 Å². The summed E-state index contributed by atoms with van der Waals surface area (Å²) < 4.78 is 5.71. The van der Waals surface area contributed by atoms with Gasteiger partial charge in [-0.05, 0) is 47.1 Å². The standard InChI is InChI=1S/C13H29N3O/c1-5-9-17-11-12(14-2)13-10-15(3)7-6-8-16(13)4/h12-14H,5-11H2,1-4H3. The van der Waals surface area contributed by atoms with E-state index in [0.29, 0.717) is 12.1 Å². The van der Waals surface area contributed by atoms with E-state index in [4.69, 9.17) is 4.74 Å². The van der Waals surface area contributed by atoms with Crippen LogP contribution in [0.25, 0.3) is 0 Å². The van der Waals surface area contributed by atoms with Crippen LogP contribution in [0.4, 0.5) is 0 Å². The number of rotatable bonds is 6. The van der Waals surface area contributed by atoms with Crippen molar-refractivity contribution in [2.75, 3.05) is 54.0 Å². The summed E-state index contributed by atoms with van der Waals surface area (Å²) in [5.74, 6) is 0. The molecule has 1 saturated heterocycles. The molecule has 2 unspecified atom stereocenters. The van der Waals surface area contributed by atoms with Crippen LogP contribution in [0.15, 0.2) is 0 Å². The Balaban J connectivity index is 2.50. The first kappa shape index (κ1) is 14.9. The summed E-state index contributed by atoms with van der Waals surface area (Å²) in [7, 11) is 6.48. The molecule has 1 aliphatic rings. The molecule has 2 atom stereocenters. The van der Waals surface area contributed by atoms with E-state index in [9.17, 15) is 0 Å². The molecule has 4 heteroatoms. The van der Waals surface area contributed by atoms with Crippen molar-refractivity contribution in [3.63, 3.8) is 0 Å². The van der Waals surface area contributed by atoms with Gasteiger partial charge in [0.25, 0.3) is 0 Å². The maximum absolute atomic E-state index is 5.71. The van der Waals surface area contributed by atoms with Gasteiger partial charge in [0, 0.05) is 25.2 Å². The summed E-state index contributed by atoms with van der Waals surface area (Å²) in [6.07, 6.45) is 2.35. The number of nitrogens with one attached hydrogen (secondary N) is 1. The molecule has 102 valence electrons. The van der Waals surface area contributed by atoms with E-state index < -0.39 is 0 Å². The van der Waals surface area contributed by atoms with Gasteiger partial charge in [0.15, 0.2) is 0 Å². The highest BCUT2D eigenvalue weighted by atomic mass is 16.5. The zero-order valence-electron chi connectivity index (χ0n) is 11.9. The average molecular weight is 243 g/mol. The van der Waals surface area contributed by atoms with Crippen LogP contribution in [0.2, 0.25) is 0 Å². The minimum atomic E-state index is 0.423. The Morgan fingerprint density at radius 1 is 1.35 bits per heavy atom. The molecule has 0 saturated carbocycles. The van der Waals surface area contributed by atoms with Crippen LogP contribution in [0, 0.1) is 0 Å². The smallest absolute Gasteiger partial charge is 0.0635 e. The minimum absolute atomic E-state index is 0.423. The highest BCUT2D eigenvalue weighted by Gasteiger charge is 2.27. The first-order chi connectivity index (χ1) is 8.19. The summed E-state index contributed by atoms with van der Waals surface area (Å²) in [4.78, 5) is 4.90. The fourth-order valence-electron chi connectivity index (χ4n) is 2.48. The first-order valence-corrected chi connectivity index (χ1v) is 6.82. The lowest BCUT2D eigenvalue weighted by atomic mass is 10.1. The summed E-state index contributed by atoms with van der Waals surface area (Å²) >= 11 is 0. The second-order valence-electron chi connectivity index (χ2n) is 5.13. The highest BCUT2D eigenvalue weighted by Crippen LogP contribution is 2.10. The molecule has 0 aromatic heterocycles. The number of likely N-dealkylation sites (N-methyl/N-ethyl adjacent to an activating group) is 3. The third-order valence-corrected chi connectivity index (χ3v) is 3.60. The van der Waals surface area contributed by atoms with E-state index in [2.05, 4.69) is 36.1 Å². The SMILES string of the molecule is CCCOCC(NC)C1CN(C)CCCN1C. The van der Waals surface area contributed by atoms with Gasteiger partial charge >= 0.3 is 0 Å². The molecule has 1 aliphatic heterocycles. The predicted octanol–water partition coefficient (Wildman–Crippen LogP) is 0.637. The van der Waals surface area contributed by atoms with Gasteiger partial charge in [-0.15, -0.1) is 0 Å². The van der Waals surface area contributed by atoms with Crippen LogP contribution in [-0.4, -0.2) is 75.9 Å². The van der Waals surface area contributed by atoms with E-state index >= 15 is 0 Å². The zero-order chi connectivity index (χ0) is 12.7. The molecule has 0 radical (unpaired) electrons. The van der Waals surface area contributed by atoms with Crippen LogP contribution in [-0.2, 0) is 4.74 Å². The molecular formula is C13H29N3O. The third kappa shape index (κ3) is 4.92. The Labute approximate surface area is 106 Å². The largest absolute Gasteiger partial charge is 0.380 e. The lowest BCUT2D eigenvalue weighted by Crippen LogP contribution is -2.53. The van der Waals surface area contributed by atoms with Gasteiger partial charge in [0.2, 0.25) is 0 Å². The molecule has 1 heterocycles. The molecule has 1 fully saturated rings. The van der Waals surface area contributed by atoms with E-state index in [-0.39, 0.29) is 0 Å². The second-order valence-corrected chi connectivity index (χ2v) is 5.13. The normalized spacial score (nSPS) is 25.8. The molecular weight excluding hydrogens is 214 g/mol. The van der Waals surface area contributed by atoms with E-state index in [1.54, 1.807) is 0 Å². The van der Waals surface area contributed by atoms with Crippen LogP contribution >= 0.6 is 0 Å². The summed E-state index contributed by atoms with van der Waals surface area (Å²) in [5, 5.41) is 3.42. The van der Waals surface area contributed by atoms with Crippen molar-refractivity contribution >= 4 is 0 Å². The number of nitrogens with zero attached hydrogens (tertiary/aromatic N) is 2. The Morgan fingerprint density at radius 3 is 2.76 bits per heavy atom. The molecule has 0 aliphatic carbocycles. The average Bonchev–Trinajstić information content (AvgIpc) is 2.47. The van der Waals surface area contributed by atoms with Crippen LogP contribution < -0.4 is 5.32 Å². The minimum Gasteiger partial charge on any atom is -0.380 e. The van der Waals surface area contributed by atoms with Crippen LogP contribution in [0.5, 0.6) is 0 Å². The molecule has 17 heavy (non-hydrogen) atoms. The second kappa shape index (κ2) is 8.03. The van der Waals surface area contributed by atoms with Gasteiger partial charge in [0.05, 0.1) is 6.61 Å². The lowest BCUT2D eigenvalue weighted by Gasteiger charge is -2.34. The van der Waals surface area contributed by atoms with Crippen LogP contribution in [0.1, 0.15) is 19.8 Å². The van der Waals surface area contributed by atoms with Gasteiger partial charge in [-0.1, -0.05) is 6.92 Å². The zero-order valence-corrected chi connectivity index (χ0v) is 11.9. The maximum atomic E-state index is 5.71. The van der Waals surface area contributed by atoms with Crippen molar-refractivity contribution in [3.8, 4) is 0 Å². The highest BCUT2D eigenvalue weighted by molar-refractivity contribution is 4.86. The Hall–Kier alpha value is -0.160. The van der Waals surface area contributed by atoms with Crippen molar-refractivity contribution in [1.82, 2.24) is 15.1 Å². The van der Waals surface area contributed by atoms with Crippen molar-refractivity contribution in [3.05, 3.63) is 0 Å². The van der Waals surface area contributed by atoms with Gasteiger partial charge in [0.1, 0.15) is 0 Å². The van der Waals surface area contributed by atoms with Crippen molar-refractivity contribution < 1.29 is 4.74 Å². The Bertz CT molecular complexity index is 201. The van der Waals surface area contributed by atoms with Gasteiger partial charge in [-0.2, -0.15) is 0 Å². The van der Waals surface area contributed by atoms with E-state index in [1.807, 2.05) is 7.05 Å². The Kier molecular flexibility index (Phi) is 7.04. The van der Waals surface area contributed by atoms with Gasteiger partial charge in [-0.25, -0.2) is 0 Å². The number of hydrogen-bond donors (Lipinski definition) is 1. The molecule has 0 aromatic rings. The molecule has 1 rings (SSSR count).